The van der Waals surface area contributed by atoms with Crippen LogP contribution in [0.5, 0.6) is 0 Å². The van der Waals surface area contributed by atoms with Crippen LogP contribution in [0.4, 0.5) is 5.69 Å². The van der Waals surface area contributed by atoms with E-state index < -0.39 is 0 Å². The number of benzene rings is 2. The quantitative estimate of drug-likeness (QED) is 0.594. The maximum absolute atomic E-state index is 12.7. The Morgan fingerprint density at radius 1 is 1.00 bits per heavy atom. The van der Waals surface area contributed by atoms with E-state index in [1.807, 2.05) is 60.7 Å². The fraction of sp³-hybridized carbons (Fsp3) is 0.100. The maximum atomic E-state index is 12.7. The van der Waals surface area contributed by atoms with Gasteiger partial charge in [-0.1, -0.05) is 36.4 Å². The van der Waals surface area contributed by atoms with Gasteiger partial charge in [0.15, 0.2) is 5.65 Å². The van der Waals surface area contributed by atoms with Gasteiger partial charge in [0.05, 0.1) is 18.2 Å². The van der Waals surface area contributed by atoms with Crippen LogP contribution in [0.15, 0.2) is 78.0 Å². The van der Waals surface area contributed by atoms with E-state index in [0.717, 1.165) is 11.4 Å². The van der Waals surface area contributed by atoms with Gasteiger partial charge < -0.3 is 5.32 Å². The number of anilines is 1. The lowest BCUT2D eigenvalue weighted by Gasteiger charge is -2.07. The number of aromatic nitrogens is 4. The molecule has 0 bridgehead atoms. The van der Waals surface area contributed by atoms with E-state index in [1.54, 1.807) is 4.68 Å². The fourth-order valence-electron chi connectivity index (χ4n) is 2.83. The van der Waals surface area contributed by atoms with E-state index in [4.69, 9.17) is 0 Å². The molecule has 0 saturated heterocycles. The maximum Gasteiger partial charge on any atom is 0.264 e. The molecule has 2 aromatic carbocycles. The largest absolute Gasteiger partial charge is 0.326 e. The second kappa shape index (κ2) is 7.25. The van der Waals surface area contributed by atoms with Gasteiger partial charge in [0.25, 0.3) is 5.56 Å². The van der Waals surface area contributed by atoms with E-state index >= 15 is 0 Å². The predicted octanol–water partition coefficient (Wildman–Crippen LogP) is 2.61. The van der Waals surface area contributed by atoms with Crippen LogP contribution < -0.4 is 10.9 Å². The minimum atomic E-state index is -0.213. The smallest absolute Gasteiger partial charge is 0.264 e. The van der Waals surface area contributed by atoms with E-state index in [0.29, 0.717) is 11.0 Å². The second-order valence-electron chi connectivity index (χ2n) is 6.04. The van der Waals surface area contributed by atoms with Crippen LogP contribution in [-0.4, -0.2) is 25.2 Å². The Morgan fingerprint density at radius 3 is 2.44 bits per heavy atom. The number of carbonyl (C=O) groups is 1. The van der Waals surface area contributed by atoms with Gasteiger partial charge in [0.2, 0.25) is 5.91 Å². The summed E-state index contributed by atoms with van der Waals surface area (Å²) in [5.41, 5.74) is 1.85. The molecule has 0 aliphatic heterocycles. The van der Waals surface area contributed by atoms with Gasteiger partial charge in [-0.3, -0.25) is 14.2 Å². The third-order valence-corrected chi connectivity index (χ3v) is 4.19. The molecule has 0 unspecified atom stereocenters. The molecule has 2 aromatic heterocycles. The highest BCUT2D eigenvalue weighted by Gasteiger charge is 2.12. The van der Waals surface area contributed by atoms with Gasteiger partial charge in [0.1, 0.15) is 5.39 Å². The first kappa shape index (κ1) is 16.7. The fourth-order valence-corrected chi connectivity index (χ4v) is 2.83. The predicted molar refractivity (Wildman–Crippen MR) is 103 cm³/mol. The Kier molecular flexibility index (Phi) is 4.49. The van der Waals surface area contributed by atoms with Crippen molar-refractivity contribution in [2.45, 2.75) is 13.0 Å². The van der Waals surface area contributed by atoms with Crippen LogP contribution in [0.1, 0.15) is 6.42 Å². The SMILES string of the molecule is O=C(CCn1cnc2c(cnn2-c2ccccc2)c1=O)Nc1ccccc1. The van der Waals surface area contributed by atoms with Crippen molar-refractivity contribution in [1.29, 1.82) is 0 Å². The Morgan fingerprint density at radius 2 is 1.70 bits per heavy atom. The molecule has 1 amide bonds. The summed E-state index contributed by atoms with van der Waals surface area (Å²) in [7, 11) is 0. The number of para-hydroxylation sites is 2. The van der Waals surface area contributed by atoms with Crippen LogP contribution in [-0.2, 0) is 11.3 Å². The molecule has 134 valence electrons. The summed E-state index contributed by atoms with van der Waals surface area (Å²) in [6.07, 6.45) is 3.15. The van der Waals surface area contributed by atoms with Crippen molar-refractivity contribution >= 4 is 22.6 Å². The summed E-state index contributed by atoms with van der Waals surface area (Å²) in [6.45, 7) is 0.247. The zero-order valence-electron chi connectivity index (χ0n) is 14.4. The molecule has 0 radical (unpaired) electrons. The van der Waals surface area contributed by atoms with Gasteiger partial charge >= 0.3 is 0 Å². The van der Waals surface area contributed by atoms with E-state index in [-0.39, 0.29) is 24.4 Å². The van der Waals surface area contributed by atoms with Crippen LogP contribution in [0, 0.1) is 0 Å². The summed E-state index contributed by atoms with van der Waals surface area (Å²) in [5, 5.41) is 7.50. The minimum Gasteiger partial charge on any atom is -0.326 e. The summed E-state index contributed by atoms with van der Waals surface area (Å²) < 4.78 is 3.06. The lowest BCUT2D eigenvalue weighted by Crippen LogP contribution is -2.23. The molecule has 0 spiro atoms. The first-order valence-electron chi connectivity index (χ1n) is 8.56. The second-order valence-corrected chi connectivity index (χ2v) is 6.04. The molecule has 7 heteroatoms. The van der Waals surface area contributed by atoms with Gasteiger partial charge in [-0.2, -0.15) is 5.10 Å². The standard InChI is InChI=1S/C20H17N5O2/c26-18(23-15-7-3-1-4-8-15)11-12-24-14-21-19-17(20(24)27)13-22-25(19)16-9-5-2-6-10-16/h1-10,13-14H,11-12H2,(H,23,26). The van der Waals surface area contributed by atoms with Crippen LogP contribution >= 0.6 is 0 Å². The van der Waals surface area contributed by atoms with Crippen molar-refractivity contribution in [1.82, 2.24) is 19.3 Å². The normalized spacial score (nSPS) is 10.8. The third-order valence-electron chi connectivity index (χ3n) is 4.19. The average Bonchev–Trinajstić information content (AvgIpc) is 3.14. The van der Waals surface area contributed by atoms with Gasteiger partial charge in [0, 0.05) is 18.7 Å². The van der Waals surface area contributed by atoms with Crippen LogP contribution in [0.3, 0.4) is 0 Å². The summed E-state index contributed by atoms with van der Waals surface area (Å²) in [5.74, 6) is -0.159. The number of hydrogen-bond donors (Lipinski definition) is 1. The van der Waals surface area contributed by atoms with E-state index in [9.17, 15) is 9.59 Å². The molecule has 4 aromatic rings. The molecule has 0 aliphatic carbocycles. The van der Waals surface area contributed by atoms with Gasteiger partial charge in [-0.05, 0) is 24.3 Å². The molecular formula is C20H17N5O2. The first-order chi connectivity index (χ1) is 13.2. The number of nitrogens with one attached hydrogen (secondary N) is 1. The number of amides is 1. The molecule has 0 saturated carbocycles. The number of rotatable bonds is 5. The highest BCUT2D eigenvalue weighted by molar-refractivity contribution is 5.90. The zero-order chi connectivity index (χ0) is 18.6. The topological polar surface area (TPSA) is 81.8 Å². The number of aryl methyl sites for hydroxylation is 1. The number of hydrogen-bond acceptors (Lipinski definition) is 4. The average molecular weight is 359 g/mol. The van der Waals surface area contributed by atoms with Crippen molar-refractivity contribution in [3.8, 4) is 5.69 Å². The number of fused-ring (bicyclic) bond motifs is 1. The molecule has 4 rings (SSSR count). The Bertz CT molecular complexity index is 1130. The molecule has 0 fully saturated rings. The summed E-state index contributed by atoms with van der Waals surface area (Å²) in [6, 6.07) is 18.7. The van der Waals surface area contributed by atoms with E-state index in [1.165, 1.54) is 17.1 Å². The highest BCUT2D eigenvalue weighted by Crippen LogP contribution is 2.13. The van der Waals surface area contributed by atoms with Crippen molar-refractivity contribution in [3.63, 3.8) is 0 Å². The molecule has 2 heterocycles. The van der Waals surface area contributed by atoms with Crippen molar-refractivity contribution in [3.05, 3.63) is 83.5 Å². The van der Waals surface area contributed by atoms with Crippen LogP contribution in [0.25, 0.3) is 16.7 Å². The van der Waals surface area contributed by atoms with E-state index in [2.05, 4.69) is 15.4 Å². The molecule has 0 atom stereocenters. The van der Waals surface area contributed by atoms with Crippen LogP contribution in [0.2, 0.25) is 0 Å². The Labute approximate surface area is 154 Å². The van der Waals surface area contributed by atoms with Gasteiger partial charge in [-0.15, -0.1) is 0 Å². The first-order valence-corrected chi connectivity index (χ1v) is 8.56. The lowest BCUT2D eigenvalue weighted by molar-refractivity contribution is -0.116. The van der Waals surface area contributed by atoms with Gasteiger partial charge in [-0.25, -0.2) is 9.67 Å². The van der Waals surface area contributed by atoms with Crippen molar-refractivity contribution < 1.29 is 4.79 Å². The molecule has 27 heavy (non-hydrogen) atoms. The number of carbonyl (C=O) groups excluding carboxylic acids is 1. The Hall–Kier alpha value is -3.74. The minimum absolute atomic E-state index is 0.159. The zero-order valence-corrected chi connectivity index (χ0v) is 14.4. The molecule has 0 aliphatic rings. The summed E-state index contributed by atoms with van der Waals surface area (Å²) in [4.78, 5) is 29.1. The lowest BCUT2D eigenvalue weighted by atomic mass is 10.3. The van der Waals surface area contributed by atoms with Crippen molar-refractivity contribution in [2.24, 2.45) is 0 Å². The molecular weight excluding hydrogens is 342 g/mol. The highest BCUT2D eigenvalue weighted by atomic mass is 16.2. The Balaban J connectivity index is 1.53. The third kappa shape index (κ3) is 3.48. The van der Waals surface area contributed by atoms with Crippen molar-refractivity contribution in [2.75, 3.05) is 5.32 Å². The molecule has 1 N–H and O–H groups in total. The number of nitrogens with zero attached hydrogens (tertiary/aromatic N) is 4. The molecule has 7 nitrogen and oxygen atoms in total. The summed E-state index contributed by atoms with van der Waals surface area (Å²) >= 11 is 0. The monoisotopic (exact) mass is 359 g/mol.